The largest absolute Gasteiger partial charge is 0.465 e. The number of anilines is 2. The maximum atomic E-state index is 13.0. The summed E-state index contributed by atoms with van der Waals surface area (Å²) in [5.74, 6) is -0.848. The zero-order valence-corrected chi connectivity index (χ0v) is 16.9. The first-order valence-corrected chi connectivity index (χ1v) is 9.22. The highest BCUT2D eigenvalue weighted by Gasteiger charge is 2.17. The van der Waals surface area contributed by atoms with Crippen LogP contribution in [0, 0.1) is 0 Å². The average molecular weight is 418 g/mol. The molecule has 0 spiro atoms. The number of rotatable bonds is 6. The van der Waals surface area contributed by atoms with Crippen molar-refractivity contribution in [2.75, 3.05) is 19.0 Å². The van der Waals surface area contributed by atoms with Crippen molar-refractivity contribution in [3.05, 3.63) is 51.8 Å². The molecule has 0 aliphatic heterocycles. The predicted octanol–water partition coefficient (Wildman–Crippen LogP) is 2.05. The first-order chi connectivity index (χ1) is 13.8. The highest BCUT2D eigenvalue weighted by molar-refractivity contribution is 6.29. The summed E-state index contributed by atoms with van der Waals surface area (Å²) < 4.78 is 7.98. The monoisotopic (exact) mass is 417 g/mol. The number of nitrogens with zero attached hydrogens (tertiary/aromatic N) is 3. The number of carbonyl (C=O) groups excluding carboxylic acids is 2. The predicted molar refractivity (Wildman–Crippen MR) is 110 cm³/mol. The molecule has 0 aliphatic rings. The second kappa shape index (κ2) is 8.36. The van der Waals surface area contributed by atoms with Crippen LogP contribution in [0.25, 0.3) is 10.9 Å². The maximum Gasteiger partial charge on any atom is 0.326 e. The molecular weight excluding hydrogens is 398 g/mol. The lowest BCUT2D eigenvalue weighted by molar-refractivity contribution is -0.143. The zero-order chi connectivity index (χ0) is 21.1. The third-order valence-electron chi connectivity index (χ3n) is 4.33. The fourth-order valence-corrected chi connectivity index (χ4v) is 3.16. The van der Waals surface area contributed by atoms with Crippen molar-refractivity contribution in [1.82, 2.24) is 19.4 Å². The lowest BCUT2D eigenvalue weighted by atomic mass is 10.2. The van der Waals surface area contributed by atoms with E-state index in [1.165, 1.54) is 23.9 Å². The molecule has 0 saturated carbocycles. The molecule has 0 fully saturated rings. The van der Waals surface area contributed by atoms with Crippen molar-refractivity contribution in [3.8, 4) is 0 Å². The van der Waals surface area contributed by atoms with Crippen LogP contribution < -0.4 is 16.2 Å². The molecule has 152 valence electrons. The molecule has 3 heterocycles. The molecule has 1 amide bonds. The summed E-state index contributed by atoms with van der Waals surface area (Å²) in [6.07, 6.45) is 4.63. The van der Waals surface area contributed by atoms with Gasteiger partial charge in [-0.3, -0.25) is 14.4 Å². The van der Waals surface area contributed by atoms with E-state index in [4.69, 9.17) is 16.3 Å². The van der Waals surface area contributed by atoms with Crippen LogP contribution in [-0.4, -0.2) is 39.6 Å². The number of ether oxygens (including phenoxy) is 1. The summed E-state index contributed by atoms with van der Waals surface area (Å²) in [6, 6.07) is 3.24. The van der Waals surface area contributed by atoms with Crippen LogP contribution >= 0.6 is 11.6 Å². The van der Waals surface area contributed by atoms with Gasteiger partial charge in [-0.1, -0.05) is 11.6 Å². The normalized spacial score (nSPS) is 10.8. The van der Waals surface area contributed by atoms with Gasteiger partial charge in [0, 0.05) is 32.7 Å². The fourth-order valence-electron chi connectivity index (χ4n) is 3.00. The van der Waals surface area contributed by atoms with E-state index >= 15 is 0 Å². The van der Waals surface area contributed by atoms with Crippen molar-refractivity contribution >= 4 is 45.8 Å². The van der Waals surface area contributed by atoms with E-state index in [9.17, 15) is 14.4 Å². The Morgan fingerprint density at radius 1 is 1.31 bits per heavy atom. The summed E-state index contributed by atoms with van der Waals surface area (Å²) in [5, 5.41) is 6.21. The number of carbonyl (C=O) groups is 2. The van der Waals surface area contributed by atoms with Crippen LogP contribution in [0.15, 0.2) is 35.5 Å². The minimum atomic E-state index is -0.498. The van der Waals surface area contributed by atoms with Gasteiger partial charge in [0.2, 0.25) is 0 Å². The highest BCUT2D eigenvalue weighted by atomic mass is 35.5. The van der Waals surface area contributed by atoms with Crippen molar-refractivity contribution in [3.63, 3.8) is 0 Å². The smallest absolute Gasteiger partial charge is 0.326 e. The number of halogens is 1. The standard InChI is InChI=1S/C19H20ClN5O4/c1-4-29-16(26)10-25-6-5-14-17(19(25)28)13(9-24(14)3)23-12-7-15(20)22-8-11(12)18(27)21-2/h5-9H,4,10H2,1-3H3,(H,21,27)(H,22,23). The van der Waals surface area contributed by atoms with Gasteiger partial charge in [-0.05, 0) is 19.1 Å². The van der Waals surface area contributed by atoms with E-state index in [1.807, 2.05) is 0 Å². The Kier molecular flexibility index (Phi) is 5.88. The molecule has 2 N–H and O–H groups in total. The summed E-state index contributed by atoms with van der Waals surface area (Å²) >= 11 is 5.99. The number of esters is 1. The number of hydrogen-bond acceptors (Lipinski definition) is 6. The van der Waals surface area contributed by atoms with Gasteiger partial charge < -0.3 is 24.5 Å². The van der Waals surface area contributed by atoms with Crippen molar-refractivity contribution in [2.24, 2.45) is 7.05 Å². The van der Waals surface area contributed by atoms with Gasteiger partial charge >= 0.3 is 5.97 Å². The van der Waals surface area contributed by atoms with Gasteiger partial charge in [0.15, 0.2) is 0 Å². The minimum absolute atomic E-state index is 0.193. The van der Waals surface area contributed by atoms with E-state index < -0.39 is 5.97 Å². The number of aromatic nitrogens is 3. The van der Waals surface area contributed by atoms with Crippen LogP contribution in [0.1, 0.15) is 17.3 Å². The molecular formula is C19H20ClN5O4. The second-order valence-corrected chi connectivity index (χ2v) is 6.61. The molecule has 0 saturated heterocycles. The Morgan fingerprint density at radius 3 is 2.76 bits per heavy atom. The Balaban J connectivity index is 2.09. The zero-order valence-electron chi connectivity index (χ0n) is 16.2. The minimum Gasteiger partial charge on any atom is -0.465 e. The Labute approximate surface area is 171 Å². The topological polar surface area (TPSA) is 107 Å². The van der Waals surface area contributed by atoms with E-state index in [2.05, 4.69) is 15.6 Å². The quantitative estimate of drug-likeness (QED) is 0.469. The Hall–Kier alpha value is -3.33. The molecule has 0 aliphatic carbocycles. The molecule has 0 unspecified atom stereocenters. The number of pyridine rings is 2. The molecule has 3 aromatic heterocycles. The molecule has 0 radical (unpaired) electrons. The van der Waals surface area contributed by atoms with Gasteiger partial charge in [-0.25, -0.2) is 4.98 Å². The Morgan fingerprint density at radius 2 is 2.07 bits per heavy atom. The summed E-state index contributed by atoms with van der Waals surface area (Å²) in [5.41, 5.74) is 1.45. The lowest BCUT2D eigenvalue weighted by Crippen LogP contribution is -2.25. The third kappa shape index (κ3) is 4.09. The molecule has 9 nitrogen and oxygen atoms in total. The van der Waals surface area contributed by atoms with Gasteiger partial charge in [0.25, 0.3) is 11.5 Å². The first-order valence-electron chi connectivity index (χ1n) is 8.84. The molecule has 29 heavy (non-hydrogen) atoms. The maximum absolute atomic E-state index is 13.0. The third-order valence-corrected chi connectivity index (χ3v) is 4.54. The van der Waals surface area contributed by atoms with Gasteiger partial charge in [-0.2, -0.15) is 0 Å². The van der Waals surface area contributed by atoms with E-state index in [1.54, 1.807) is 37.0 Å². The molecule has 3 rings (SSSR count). The summed E-state index contributed by atoms with van der Waals surface area (Å²) in [4.78, 5) is 40.9. The van der Waals surface area contributed by atoms with E-state index in [0.717, 1.165) is 0 Å². The van der Waals surface area contributed by atoms with E-state index in [-0.39, 0.29) is 35.3 Å². The highest BCUT2D eigenvalue weighted by Crippen LogP contribution is 2.28. The van der Waals surface area contributed by atoms with Gasteiger partial charge in [0.05, 0.1) is 34.4 Å². The van der Waals surface area contributed by atoms with Gasteiger partial charge in [-0.15, -0.1) is 0 Å². The van der Waals surface area contributed by atoms with Crippen LogP contribution in [0.4, 0.5) is 11.4 Å². The number of nitrogens with one attached hydrogen (secondary N) is 2. The summed E-state index contributed by atoms with van der Waals surface area (Å²) in [6.45, 7) is 1.74. The van der Waals surface area contributed by atoms with Crippen molar-refractivity contribution in [1.29, 1.82) is 0 Å². The van der Waals surface area contributed by atoms with Crippen molar-refractivity contribution < 1.29 is 14.3 Å². The van der Waals surface area contributed by atoms with E-state index in [0.29, 0.717) is 22.3 Å². The summed E-state index contributed by atoms with van der Waals surface area (Å²) in [7, 11) is 3.30. The SMILES string of the molecule is CCOC(=O)Cn1ccc2c(c(Nc3cc(Cl)ncc3C(=O)NC)cn2C)c1=O. The lowest BCUT2D eigenvalue weighted by Gasteiger charge is -2.11. The van der Waals surface area contributed by atoms with Crippen LogP contribution in [0.5, 0.6) is 0 Å². The molecule has 0 aromatic carbocycles. The number of fused-ring (bicyclic) bond motifs is 1. The average Bonchev–Trinajstić information content (AvgIpc) is 2.99. The number of amides is 1. The first kappa shape index (κ1) is 20.4. The second-order valence-electron chi connectivity index (χ2n) is 6.22. The van der Waals surface area contributed by atoms with Crippen LogP contribution in [0.3, 0.4) is 0 Å². The number of hydrogen-bond donors (Lipinski definition) is 2. The molecule has 10 heteroatoms. The fraction of sp³-hybridized carbons (Fsp3) is 0.263. The molecule has 0 bridgehead atoms. The molecule has 3 aromatic rings. The van der Waals surface area contributed by atoms with Crippen LogP contribution in [-0.2, 0) is 23.1 Å². The van der Waals surface area contributed by atoms with Crippen LogP contribution in [0.2, 0.25) is 5.15 Å². The van der Waals surface area contributed by atoms with Gasteiger partial charge in [0.1, 0.15) is 11.7 Å². The number of aryl methyl sites for hydroxylation is 1. The Bertz CT molecular complexity index is 1150. The van der Waals surface area contributed by atoms with Crippen molar-refractivity contribution in [2.45, 2.75) is 13.5 Å². The molecule has 0 atom stereocenters.